The fraction of sp³-hybridized carbons (Fsp3) is 0.571. The monoisotopic (exact) mass is 284 g/mol. The predicted octanol–water partition coefficient (Wildman–Crippen LogP) is 4.35. The van der Waals surface area contributed by atoms with Gasteiger partial charge in [0.15, 0.2) is 0 Å². The summed E-state index contributed by atoms with van der Waals surface area (Å²) in [6.07, 6.45) is 3.51. The minimum atomic E-state index is 0.245. The third kappa shape index (κ3) is 4.67. The summed E-state index contributed by atoms with van der Waals surface area (Å²) in [7, 11) is 0. The SMILES string of the molecule is CC(C)CCCC(CO)c1cccc(Br)c1. The van der Waals surface area contributed by atoms with Crippen molar-refractivity contribution in [3.63, 3.8) is 0 Å². The van der Waals surface area contributed by atoms with Crippen molar-refractivity contribution < 1.29 is 5.11 Å². The molecule has 0 aliphatic rings. The van der Waals surface area contributed by atoms with Gasteiger partial charge in [-0.1, -0.05) is 54.8 Å². The molecule has 0 fully saturated rings. The van der Waals surface area contributed by atoms with Crippen LogP contribution in [-0.4, -0.2) is 11.7 Å². The fourth-order valence-corrected chi connectivity index (χ4v) is 2.31. The van der Waals surface area contributed by atoms with Crippen LogP contribution in [0.15, 0.2) is 28.7 Å². The van der Waals surface area contributed by atoms with Crippen molar-refractivity contribution in [2.45, 2.75) is 39.0 Å². The van der Waals surface area contributed by atoms with Crippen molar-refractivity contribution in [3.05, 3.63) is 34.3 Å². The zero-order valence-corrected chi connectivity index (χ0v) is 11.7. The highest BCUT2D eigenvalue weighted by molar-refractivity contribution is 9.10. The first-order valence-electron chi connectivity index (χ1n) is 5.99. The molecular formula is C14H21BrO. The first kappa shape index (κ1) is 13.7. The Morgan fingerprint density at radius 3 is 2.56 bits per heavy atom. The number of benzene rings is 1. The number of aliphatic hydroxyl groups excluding tert-OH is 1. The van der Waals surface area contributed by atoms with Crippen molar-refractivity contribution in [1.82, 2.24) is 0 Å². The summed E-state index contributed by atoms with van der Waals surface area (Å²) in [6.45, 7) is 4.73. The Kier molecular flexibility index (Phi) is 6.07. The smallest absolute Gasteiger partial charge is 0.0499 e. The zero-order chi connectivity index (χ0) is 12.0. The lowest BCUT2D eigenvalue weighted by Crippen LogP contribution is -2.04. The molecule has 1 aromatic rings. The lowest BCUT2D eigenvalue weighted by Gasteiger charge is -2.15. The highest BCUT2D eigenvalue weighted by atomic mass is 79.9. The van der Waals surface area contributed by atoms with Crippen LogP contribution in [-0.2, 0) is 0 Å². The van der Waals surface area contributed by atoms with Crippen LogP contribution in [0.1, 0.15) is 44.6 Å². The largest absolute Gasteiger partial charge is 0.396 e. The second-order valence-electron chi connectivity index (χ2n) is 4.76. The van der Waals surface area contributed by atoms with E-state index in [2.05, 4.69) is 41.9 Å². The van der Waals surface area contributed by atoms with Gasteiger partial charge in [-0.3, -0.25) is 0 Å². The molecule has 1 nitrogen and oxygen atoms in total. The van der Waals surface area contributed by atoms with Gasteiger partial charge in [0.05, 0.1) is 0 Å². The lowest BCUT2D eigenvalue weighted by atomic mass is 9.93. The van der Waals surface area contributed by atoms with E-state index in [-0.39, 0.29) is 12.5 Å². The Morgan fingerprint density at radius 2 is 2.00 bits per heavy atom. The number of aliphatic hydroxyl groups is 1. The quantitative estimate of drug-likeness (QED) is 0.823. The minimum Gasteiger partial charge on any atom is -0.396 e. The molecule has 1 aromatic carbocycles. The number of hydrogen-bond donors (Lipinski definition) is 1. The van der Waals surface area contributed by atoms with E-state index in [1.165, 1.54) is 18.4 Å². The summed E-state index contributed by atoms with van der Waals surface area (Å²) < 4.78 is 1.09. The Morgan fingerprint density at radius 1 is 1.25 bits per heavy atom. The van der Waals surface area contributed by atoms with Gasteiger partial charge in [-0.15, -0.1) is 0 Å². The molecule has 1 rings (SSSR count). The Labute approximate surface area is 107 Å². The molecule has 0 heterocycles. The van der Waals surface area contributed by atoms with Gasteiger partial charge in [0, 0.05) is 17.0 Å². The molecule has 0 aromatic heterocycles. The average Bonchev–Trinajstić information content (AvgIpc) is 2.24. The summed E-state index contributed by atoms with van der Waals surface area (Å²) in [5, 5.41) is 9.42. The fourth-order valence-electron chi connectivity index (χ4n) is 1.90. The summed E-state index contributed by atoms with van der Waals surface area (Å²) >= 11 is 3.47. The molecule has 0 aliphatic heterocycles. The van der Waals surface area contributed by atoms with Crippen molar-refractivity contribution in [1.29, 1.82) is 0 Å². The first-order valence-corrected chi connectivity index (χ1v) is 6.79. The van der Waals surface area contributed by atoms with Gasteiger partial charge in [0.1, 0.15) is 0 Å². The van der Waals surface area contributed by atoms with Crippen LogP contribution in [0.2, 0.25) is 0 Å². The first-order chi connectivity index (χ1) is 7.63. The van der Waals surface area contributed by atoms with Gasteiger partial charge in [-0.2, -0.15) is 0 Å². The number of rotatable bonds is 6. The van der Waals surface area contributed by atoms with Gasteiger partial charge in [0.25, 0.3) is 0 Å². The van der Waals surface area contributed by atoms with Crippen LogP contribution < -0.4 is 0 Å². The van der Waals surface area contributed by atoms with Crippen LogP contribution in [0.3, 0.4) is 0 Å². The van der Waals surface area contributed by atoms with Crippen LogP contribution in [0.4, 0.5) is 0 Å². The van der Waals surface area contributed by atoms with Crippen molar-refractivity contribution >= 4 is 15.9 Å². The van der Waals surface area contributed by atoms with Gasteiger partial charge in [0.2, 0.25) is 0 Å². The van der Waals surface area contributed by atoms with Crippen molar-refractivity contribution in [2.75, 3.05) is 6.61 Å². The molecule has 0 aliphatic carbocycles. The summed E-state index contributed by atoms with van der Waals surface area (Å²) in [6, 6.07) is 8.26. The molecule has 0 saturated carbocycles. The average molecular weight is 285 g/mol. The van der Waals surface area contributed by atoms with E-state index in [9.17, 15) is 5.11 Å². The Hall–Kier alpha value is -0.340. The molecule has 0 spiro atoms. The molecule has 1 unspecified atom stereocenters. The maximum Gasteiger partial charge on any atom is 0.0499 e. The van der Waals surface area contributed by atoms with E-state index in [4.69, 9.17) is 0 Å². The van der Waals surface area contributed by atoms with Crippen LogP contribution in [0.25, 0.3) is 0 Å². The number of hydrogen-bond acceptors (Lipinski definition) is 1. The summed E-state index contributed by atoms with van der Waals surface area (Å²) in [4.78, 5) is 0. The summed E-state index contributed by atoms with van der Waals surface area (Å²) in [5.74, 6) is 1.04. The Bertz CT molecular complexity index is 309. The topological polar surface area (TPSA) is 20.2 Å². The van der Waals surface area contributed by atoms with Crippen LogP contribution >= 0.6 is 15.9 Å². The van der Waals surface area contributed by atoms with E-state index in [1.807, 2.05) is 12.1 Å². The van der Waals surface area contributed by atoms with E-state index < -0.39 is 0 Å². The minimum absolute atomic E-state index is 0.245. The molecule has 16 heavy (non-hydrogen) atoms. The molecule has 1 atom stereocenters. The van der Waals surface area contributed by atoms with Gasteiger partial charge >= 0.3 is 0 Å². The third-order valence-corrected chi connectivity index (χ3v) is 3.37. The maximum atomic E-state index is 9.42. The predicted molar refractivity (Wildman–Crippen MR) is 72.7 cm³/mol. The highest BCUT2D eigenvalue weighted by Crippen LogP contribution is 2.25. The lowest BCUT2D eigenvalue weighted by molar-refractivity contribution is 0.255. The normalized spacial score (nSPS) is 13.1. The molecule has 0 saturated heterocycles. The second-order valence-corrected chi connectivity index (χ2v) is 5.67. The van der Waals surface area contributed by atoms with E-state index in [1.54, 1.807) is 0 Å². The molecule has 90 valence electrons. The summed E-state index contributed by atoms with van der Waals surface area (Å²) in [5.41, 5.74) is 1.24. The maximum absolute atomic E-state index is 9.42. The zero-order valence-electron chi connectivity index (χ0n) is 10.1. The van der Waals surface area contributed by atoms with Crippen LogP contribution in [0, 0.1) is 5.92 Å². The van der Waals surface area contributed by atoms with E-state index in [0.717, 1.165) is 16.8 Å². The molecular weight excluding hydrogens is 264 g/mol. The molecule has 0 amide bonds. The van der Waals surface area contributed by atoms with E-state index in [0.29, 0.717) is 0 Å². The van der Waals surface area contributed by atoms with Crippen LogP contribution in [0.5, 0.6) is 0 Å². The standard InChI is InChI=1S/C14H21BrO/c1-11(2)5-3-7-13(10-16)12-6-4-8-14(15)9-12/h4,6,8-9,11,13,16H,3,5,7,10H2,1-2H3. The molecule has 2 heteroatoms. The van der Waals surface area contributed by atoms with Gasteiger partial charge < -0.3 is 5.11 Å². The number of halogens is 1. The molecule has 0 radical (unpaired) electrons. The second kappa shape index (κ2) is 7.08. The molecule has 1 N–H and O–H groups in total. The Balaban J connectivity index is 2.53. The van der Waals surface area contributed by atoms with E-state index >= 15 is 0 Å². The van der Waals surface area contributed by atoms with Crippen molar-refractivity contribution in [2.24, 2.45) is 5.92 Å². The van der Waals surface area contributed by atoms with Crippen molar-refractivity contribution in [3.8, 4) is 0 Å². The molecule has 0 bridgehead atoms. The van der Waals surface area contributed by atoms with Gasteiger partial charge in [-0.25, -0.2) is 0 Å². The highest BCUT2D eigenvalue weighted by Gasteiger charge is 2.10. The third-order valence-electron chi connectivity index (χ3n) is 2.87. The van der Waals surface area contributed by atoms with Gasteiger partial charge in [-0.05, 0) is 30.0 Å².